The molecule has 1 aromatic rings. The van der Waals surface area contributed by atoms with Crippen LogP contribution in [-0.4, -0.2) is 11.2 Å². The van der Waals surface area contributed by atoms with Gasteiger partial charge in [-0.05, 0) is 84.7 Å². The third-order valence-electron chi connectivity index (χ3n) is 9.13. The summed E-state index contributed by atoms with van der Waals surface area (Å²) in [6, 6.07) is 8.94. The summed E-state index contributed by atoms with van der Waals surface area (Å²) in [7, 11) is 0. The molecule has 2 saturated carbocycles. The summed E-state index contributed by atoms with van der Waals surface area (Å²) in [5.41, 5.74) is 3.52. The zero-order chi connectivity index (χ0) is 22.9. The van der Waals surface area contributed by atoms with Crippen LogP contribution >= 0.6 is 0 Å². The summed E-state index contributed by atoms with van der Waals surface area (Å²) < 4.78 is 37.8. The van der Waals surface area contributed by atoms with Crippen LogP contribution in [0.4, 0.5) is 13.2 Å². The van der Waals surface area contributed by atoms with Gasteiger partial charge in [0, 0.05) is 0 Å². The lowest BCUT2D eigenvalue weighted by atomic mass is 9.44. The standard InChI is InChI=1S/C28H37F3O/c1-3-28-17-15-19-10-7-8-12-21(19)24(28)20(18-27(2)16-9-14-23(27)28)11-5-4-6-13-22(32)25(29)26(30)31/h3,7-8,10,12,20,22-24,32H,1,4-6,9,11,13-18H2,2H3/t20?,22?,23-,24-,27+,28+/m1/s1. The van der Waals surface area contributed by atoms with Gasteiger partial charge in [0.2, 0.25) is 0 Å². The van der Waals surface area contributed by atoms with Gasteiger partial charge in [-0.2, -0.15) is 8.78 Å². The highest BCUT2D eigenvalue weighted by Gasteiger charge is 2.60. The largest absolute Gasteiger partial charge is 0.386 e. The van der Waals surface area contributed by atoms with Gasteiger partial charge in [0.1, 0.15) is 6.10 Å². The number of aliphatic hydroxyl groups excluding tert-OH is 1. The fourth-order valence-electron chi connectivity index (χ4n) is 7.87. The van der Waals surface area contributed by atoms with Crippen molar-refractivity contribution in [2.45, 2.75) is 89.6 Å². The molecule has 0 saturated heterocycles. The van der Waals surface area contributed by atoms with Gasteiger partial charge in [-0.15, -0.1) is 6.58 Å². The van der Waals surface area contributed by atoms with Crippen LogP contribution in [-0.2, 0) is 6.42 Å². The molecule has 0 bridgehead atoms. The van der Waals surface area contributed by atoms with E-state index in [9.17, 15) is 18.3 Å². The molecule has 0 aliphatic heterocycles. The minimum atomic E-state index is -2.41. The summed E-state index contributed by atoms with van der Waals surface area (Å²) >= 11 is 0. The molecule has 0 aromatic heterocycles. The smallest absolute Gasteiger partial charge is 0.304 e. The molecule has 1 aromatic carbocycles. The highest BCUT2D eigenvalue weighted by Crippen LogP contribution is 2.69. The Kier molecular flexibility index (Phi) is 6.91. The number of hydrogen-bond acceptors (Lipinski definition) is 1. The Bertz CT molecular complexity index is 860. The Morgan fingerprint density at radius 1 is 1.19 bits per heavy atom. The first-order valence-electron chi connectivity index (χ1n) is 12.4. The second-order valence-corrected chi connectivity index (χ2v) is 10.8. The van der Waals surface area contributed by atoms with Gasteiger partial charge in [-0.25, -0.2) is 4.39 Å². The molecule has 2 fully saturated rings. The predicted octanol–water partition coefficient (Wildman–Crippen LogP) is 8.10. The molecule has 0 radical (unpaired) electrons. The van der Waals surface area contributed by atoms with Gasteiger partial charge in [-0.1, -0.05) is 62.9 Å². The van der Waals surface area contributed by atoms with E-state index >= 15 is 0 Å². The number of halogens is 3. The van der Waals surface area contributed by atoms with Crippen LogP contribution in [0.2, 0.25) is 0 Å². The van der Waals surface area contributed by atoms with Gasteiger partial charge in [-0.3, -0.25) is 0 Å². The van der Waals surface area contributed by atoms with Gasteiger partial charge in [0.05, 0.1) is 0 Å². The maximum absolute atomic E-state index is 13.2. The Morgan fingerprint density at radius 3 is 2.72 bits per heavy atom. The van der Waals surface area contributed by atoms with Crippen LogP contribution in [0.25, 0.3) is 0 Å². The number of aliphatic hydroxyl groups is 1. The highest BCUT2D eigenvalue weighted by molar-refractivity contribution is 5.39. The van der Waals surface area contributed by atoms with Gasteiger partial charge < -0.3 is 5.11 Å². The molecular formula is C28H37F3O. The van der Waals surface area contributed by atoms with Gasteiger partial charge in [0.25, 0.3) is 0 Å². The van der Waals surface area contributed by atoms with Crippen molar-refractivity contribution >= 4 is 0 Å². The number of rotatable bonds is 8. The molecule has 1 nitrogen and oxygen atoms in total. The molecule has 4 heteroatoms. The SMILES string of the molecule is C=C[C@@]12CCc3ccccc3[C@H]1C(CCCCCC(O)C(F)=C(F)F)C[C@]1(C)CCC[C@H]12. The lowest BCUT2D eigenvalue weighted by Crippen LogP contribution is -2.51. The van der Waals surface area contributed by atoms with Crippen molar-refractivity contribution in [2.75, 3.05) is 0 Å². The quantitative estimate of drug-likeness (QED) is 0.316. The molecule has 6 atom stereocenters. The second-order valence-electron chi connectivity index (χ2n) is 10.8. The predicted molar refractivity (Wildman–Crippen MR) is 123 cm³/mol. The summed E-state index contributed by atoms with van der Waals surface area (Å²) in [6.45, 7) is 6.89. The van der Waals surface area contributed by atoms with Crippen LogP contribution in [0, 0.1) is 22.7 Å². The lowest BCUT2D eigenvalue weighted by Gasteiger charge is -2.60. The molecule has 3 aliphatic carbocycles. The molecule has 32 heavy (non-hydrogen) atoms. The average Bonchev–Trinajstić information content (AvgIpc) is 3.19. The minimum Gasteiger partial charge on any atom is -0.386 e. The maximum Gasteiger partial charge on any atom is 0.304 e. The van der Waals surface area contributed by atoms with E-state index < -0.39 is 18.0 Å². The van der Waals surface area contributed by atoms with Crippen molar-refractivity contribution in [3.8, 4) is 0 Å². The molecule has 3 aliphatic rings. The molecule has 1 N–H and O–H groups in total. The third-order valence-corrected chi connectivity index (χ3v) is 9.13. The fourth-order valence-corrected chi connectivity index (χ4v) is 7.87. The number of unbranched alkanes of at least 4 members (excludes halogenated alkanes) is 2. The number of allylic oxidation sites excluding steroid dienone is 1. The first-order chi connectivity index (χ1) is 15.3. The number of benzene rings is 1. The molecule has 0 spiro atoms. The molecule has 176 valence electrons. The molecule has 4 rings (SSSR count). The van der Waals surface area contributed by atoms with E-state index in [1.807, 2.05) is 0 Å². The summed E-state index contributed by atoms with van der Waals surface area (Å²) in [4.78, 5) is 0. The third kappa shape index (κ3) is 4.08. The number of hydrogen-bond donors (Lipinski definition) is 1. The zero-order valence-electron chi connectivity index (χ0n) is 19.3. The molecule has 0 amide bonds. The van der Waals surface area contributed by atoms with Gasteiger partial charge >= 0.3 is 6.08 Å². The molecule has 0 heterocycles. The van der Waals surface area contributed by atoms with E-state index in [-0.39, 0.29) is 11.8 Å². The molecule has 2 unspecified atom stereocenters. The van der Waals surface area contributed by atoms with Crippen molar-refractivity contribution in [2.24, 2.45) is 22.7 Å². The van der Waals surface area contributed by atoms with Crippen molar-refractivity contribution in [3.63, 3.8) is 0 Å². The van der Waals surface area contributed by atoms with E-state index in [4.69, 9.17) is 0 Å². The average molecular weight is 447 g/mol. The summed E-state index contributed by atoms with van der Waals surface area (Å²) in [6.07, 6.45) is 9.17. The van der Waals surface area contributed by atoms with Crippen LogP contribution in [0.5, 0.6) is 0 Å². The van der Waals surface area contributed by atoms with Crippen LogP contribution in [0.1, 0.15) is 88.2 Å². The Morgan fingerprint density at radius 2 is 1.97 bits per heavy atom. The molecular weight excluding hydrogens is 409 g/mol. The maximum atomic E-state index is 13.2. The normalized spacial score (nSPS) is 34.2. The van der Waals surface area contributed by atoms with Crippen molar-refractivity contribution in [3.05, 3.63) is 60.0 Å². The first-order valence-corrected chi connectivity index (χ1v) is 12.4. The monoisotopic (exact) mass is 446 g/mol. The Labute approximate surface area is 190 Å². The van der Waals surface area contributed by atoms with E-state index in [2.05, 4.69) is 43.8 Å². The van der Waals surface area contributed by atoms with E-state index in [1.165, 1.54) is 43.2 Å². The number of aryl methyl sites for hydroxylation is 1. The summed E-state index contributed by atoms with van der Waals surface area (Å²) in [5.74, 6) is 0.0843. The minimum absolute atomic E-state index is 0.0521. The van der Waals surface area contributed by atoms with Crippen LogP contribution in [0.3, 0.4) is 0 Å². The topological polar surface area (TPSA) is 20.2 Å². The van der Waals surface area contributed by atoms with Crippen LogP contribution < -0.4 is 0 Å². The van der Waals surface area contributed by atoms with Gasteiger partial charge in [0.15, 0.2) is 5.83 Å². The fraction of sp³-hybridized carbons (Fsp3) is 0.643. The van der Waals surface area contributed by atoms with E-state index in [0.717, 1.165) is 25.7 Å². The van der Waals surface area contributed by atoms with E-state index in [1.54, 1.807) is 0 Å². The lowest BCUT2D eigenvalue weighted by molar-refractivity contribution is -0.0353. The van der Waals surface area contributed by atoms with Crippen LogP contribution in [0.15, 0.2) is 48.8 Å². The first kappa shape index (κ1) is 23.6. The van der Waals surface area contributed by atoms with Crippen molar-refractivity contribution < 1.29 is 18.3 Å². The second kappa shape index (κ2) is 9.37. The summed E-state index contributed by atoms with van der Waals surface area (Å²) in [5, 5.41) is 9.58. The highest BCUT2D eigenvalue weighted by atomic mass is 19.3. The van der Waals surface area contributed by atoms with Crippen molar-refractivity contribution in [1.82, 2.24) is 0 Å². The number of fused-ring (bicyclic) bond motifs is 5. The Hall–Kier alpha value is -1.55. The van der Waals surface area contributed by atoms with Crippen molar-refractivity contribution in [1.29, 1.82) is 0 Å². The zero-order valence-corrected chi connectivity index (χ0v) is 19.3. The Balaban J connectivity index is 1.50. The van der Waals surface area contributed by atoms with E-state index in [0.29, 0.717) is 29.6 Å².